The topological polar surface area (TPSA) is 72.8 Å². The fourth-order valence-corrected chi connectivity index (χ4v) is 4.02. The van der Waals surface area contributed by atoms with Crippen LogP contribution in [0.1, 0.15) is 12.0 Å². The Kier molecular flexibility index (Phi) is 3.25. The van der Waals surface area contributed by atoms with Crippen LogP contribution in [0.3, 0.4) is 0 Å². The quantitative estimate of drug-likeness (QED) is 0.877. The number of sulfone groups is 1. The van der Waals surface area contributed by atoms with Gasteiger partial charge in [-0.25, -0.2) is 8.42 Å². The molecular weight excluding hydrogens is 256 g/mol. The predicted octanol–water partition coefficient (Wildman–Crippen LogP) is 0.710. The van der Waals surface area contributed by atoms with Crippen molar-refractivity contribution in [3.8, 4) is 11.5 Å². The second kappa shape index (κ2) is 4.44. The fourth-order valence-electron chi connectivity index (χ4n) is 2.19. The van der Waals surface area contributed by atoms with Crippen LogP contribution in [-0.4, -0.2) is 39.2 Å². The molecular formula is C12H16O5S. The lowest BCUT2D eigenvalue weighted by atomic mass is 9.93. The summed E-state index contributed by atoms with van der Waals surface area (Å²) in [4.78, 5) is 0. The molecule has 0 amide bonds. The minimum absolute atomic E-state index is 0.0118. The van der Waals surface area contributed by atoms with Crippen molar-refractivity contribution in [3.63, 3.8) is 0 Å². The largest absolute Gasteiger partial charge is 0.493 e. The van der Waals surface area contributed by atoms with Crippen molar-refractivity contribution in [2.24, 2.45) is 0 Å². The van der Waals surface area contributed by atoms with Crippen molar-refractivity contribution in [1.82, 2.24) is 0 Å². The summed E-state index contributed by atoms with van der Waals surface area (Å²) >= 11 is 0. The second-order valence-corrected chi connectivity index (χ2v) is 6.63. The minimum Gasteiger partial charge on any atom is -0.493 e. The van der Waals surface area contributed by atoms with E-state index in [1.54, 1.807) is 18.2 Å². The van der Waals surface area contributed by atoms with Crippen LogP contribution < -0.4 is 9.47 Å². The van der Waals surface area contributed by atoms with E-state index in [9.17, 15) is 13.5 Å². The summed E-state index contributed by atoms with van der Waals surface area (Å²) in [7, 11) is -0.142. The van der Waals surface area contributed by atoms with Gasteiger partial charge in [0.05, 0.1) is 25.7 Å². The molecule has 18 heavy (non-hydrogen) atoms. The molecule has 1 N–H and O–H groups in total. The molecule has 6 heteroatoms. The molecule has 1 fully saturated rings. The first kappa shape index (κ1) is 13.2. The Balaban J connectivity index is 2.40. The lowest BCUT2D eigenvalue weighted by molar-refractivity contribution is 0.0650. The number of hydrogen-bond acceptors (Lipinski definition) is 5. The molecule has 0 saturated carbocycles. The van der Waals surface area contributed by atoms with Gasteiger partial charge in [0.1, 0.15) is 5.60 Å². The lowest BCUT2D eigenvalue weighted by Gasteiger charge is -2.22. The highest BCUT2D eigenvalue weighted by Gasteiger charge is 2.42. The molecule has 1 saturated heterocycles. The molecule has 1 aromatic carbocycles. The van der Waals surface area contributed by atoms with E-state index in [4.69, 9.17) is 9.47 Å². The highest BCUT2D eigenvalue weighted by Crippen LogP contribution is 2.37. The fraction of sp³-hybridized carbons (Fsp3) is 0.500. The van der Waals surface area contributed by atoms with Crippen LogP contribution in [0, 0.1) is 0 Å². The summed E-state index contributed by atoms with van der Waals surface area (Å²) in [5.74, 6) is 0.797. The third-order valence-corrected chi connectivity index (χ3v) is 4.95. The number of aliphatic hydroxyl groups is 1. The lowest BCUT2D eigenvalue weighted by Crippen LogP contribution is -2.26. The summed E-state index contributed by atoms with van der Waals surface area (Å²) < 4.78 is 33.2. The zero-order valence-electron chi connectivity index (χ0n) is 10.3. The Morgan fingerprint density at radius 3 is 2.39 bits per heavy atom. The normalized spacial score (nSPS) is 25.9. The van der Waals surface area contributed by atoms with E-state index in [1.807, 2.05) is 0 Å². The molecule has 1 unspecified atom stereocenters. The van der Waals surface area contributed by atoms with Crippen molar-refractivity contribution in [2.75, 3.05) is 25.7 Å². The van der Waals surface area contributed by atoms with Gasteiger partial charge in [-0.2, -0.15) is 0 Å². The average Bonchev–Trinajstić information content (AvgIpc) is 2.64. The van der Waals surface area contributed by atoms with Gasteiger partial charge < -0.3 is 14.6 Å². The Morgan fingerprint density at radius 2 is 1.89 bits per heavy atom. The minimum atomic E-state index is -3.16. The Morgan fingerprint density at radius 1 is 1.22 bits per heavy atom. The van der Waals surface area contributed by atoms with Gasteiger partial charge in [-0.3, -0.25) is 0 Å². The molecule has 0 bridgehead atoms. The van der Waals surface area contributed by atoms with Gasteiger partial charge in [-0.15, -0.1) is 0 Å². The number of ether oxygens (including phenoxy) is 2. The summed E-state index contributed by atoms with van der Waals surface area (Å²) in [6, 6.07) is 4.96. The maximum atomic E-state index is 11.5. The maximum absolute atomic E-state index is 11.5. The van der Waals surface area contributed by atoms with Crippen molar-refractivity contribution >= 4 is 9.84 Å². The second-order valence-electron chi connectivity index (χ2n) is 4.44. The van der Waals surface area contributed by atoms with Gasteiger partial charge in [0, 0.05) is 0 Å². The van der Waals surface area contributed by atoms with Crippen LogP contribution in [0.15, 0.2) is 18.2 Å². The van der Waals surface area contributed by atoms with Crippen LogP contribution in [0.5, 0.6) is 11.5 Å². The molecule has 0 spiro atoms. The van der Waals surface area contributed by atoms with E-state index >= 15 is 0 Å². The first-order valence-electron chi connectivity index (χ1n) is 5.55. The van der Waals surface area contributed by atoms with Gasteiger partial charge in [0.15, 0.2) is 21.3 Å². The molecule has 1 atom stereocenters. The SMILES string of the molecule is COc1ccc(C2(O)CCS(=O)(=O)C2)cc1OC. The van der Waals surface area contributed by atoms with Crippen LogP contribution in [0.2, 0.25) is 0 Å². The van der Waals surface area contributed by atoms with E-state index in [1.165, 1.54) is 14.2 Å². The standard InChI is InChI=1S/C12H16O5S/c1-16-10-4-3-9(7-11(10)17-2)12(13)5-6-18(14,15)8-12/h3-4,7,13H,5-6,8H2,1-2H3. The Bertz CT molecular complexity index is 552. The van der Waals surface area contributed by atoms with Gasteiger partial charge >= 0.3 is 0 Å². The van der Waals surface area contributed by atoms with Gasteiger partial charge in [-0.1, -0.05) is 6.07 Å². The smallest absolute Gasteiger partial charge is 0.161 e. The van der Waals surface area contributed by atoms with Gasteiger partial charge in [0.2, 0.25) is 0 Å². The molecule has 1 aliphatic rings. The highest BCUT2D eigenvalue weighted by molar-refractivity contribution is 7.91. The third kappa shape index (κ3) is 2.30. The highest BCUT2D eigenvalue weighted by atomic mass is 32.2. The molecule has 1 aromatic rings. The summed E-state index contributed by atoms with van der Waals surface area (Å²) in [6.07, 6.45) is 0.213. The number of rotatable bonds is 3. The van der Waals surface area contributed by atoms with E-state index in [-0.39, 0.29) is 17.9 Å². The molecule has 2 rings (SSSR count). The predicted molar refractivity (Wildman–Crippen MR) is 66.7 cm³/mol. The molecule has 1 aliphatic heterocycles. The van der Waals surface area contributed by atoms with Crippen LogP contribution in [0.25, 0.3) is 0 Å². The number of methoxy groups -OCH3 is 2. The van der Waals surface area contributed by atoms with Crippen molar-refractivity contribution < 1.29 is 23.0 Å². The monoisotopic (exact) mass is 272 g/mol. The van der Waals surface area contributed by atoms with Crippen LogP contribution in [-0.2, 0) is 15.4 Å². The summed E-state index contributed by atoms with van der Waals surface area (Å²) in [5, 5.41) is 10.4. The van der Waals surface area contributed by atoms with Crippen molar-refractivity contribution in [2.45, 2.75) is 12.0 Å². The van der Waals surface area contributed by atoms with E-state index < -0.39 is 15.4 Å². The maximum Gasteiger partial charge on any atom is 0.161 e. The number of hydrogen-bond donors (Lipinski definition) is 1. The molecule has 0 radical (unpaired) electrons. The van der Waals surface area contributed by atoms with Crippen LogP contribution in [0.4, 0.5) is 0 Å². The summed E-state index contributed by atoms with van der Waals surface area (Å²) in [5.41, 5.74) is -0.778. The first-order valence-corrected chi connectivity index (χ1v) is 7.38. The zero-order chi connectivity index (χ0) is 13.4. The van der Waals surface area contributed by atoms with E-state index in [0.717, 1.165) is 0 Å². The number of benzene rings is 1. The van der Waals surface area contributed by atoms with Gasteiger partial charge in [0.25, 0.3) is 0 Å². The van der Waals surface area contributed by atoms with Gasteiger partial charge in [-0.05, 0) is 24.1 Å². The third-order valence-electron chi connectivity index (χ3n) is 3.21. The van der Waals surface area contributed by atoms with Crippen LogP contribution >= 0.6 is 0 Å². The molecule has 0 aliphatic carbocycles. The molecule has 0 aromatic heterocycles. The van der Waals surface area contributed by atoms with Crippen molar-refractivity contribution in [3.05, 3.63) is 23.8 Å². The van der Waals surface area contributed by atoms with E-state index in [2.05, 4.69) is 0 Å². The Hall–Kier alpha value is -1.27. The van der Waals surface area contributed by atoms with E-state index in [0.29, 0.717) is 17.1 Å². The molecule has 1 heterocycles. The Labute approximate surface area is 106 Å². The average molecular weight is 272 g/mol. The molecule has 5 nitrogen and oxygen atoms in total. The zero-order valence-corrected chi connectivity index (χ0v) is 11.2. The summed E-state index contributed by atoms with van der Waals surface area (Å²) in [6.45, 7) is 0. The molecule has 100 valence electrons. The first-order chi connectivity index (χ1) is 8.40. The van der Waals surface area contributed by atoms with Crippen molar-refractivity contribution in [1.29, 1.82) is 0 Å².